The topological polar surface area (TPSA) is 94.0 Å². The molecule has 0 radical (unpaired) electrons. The van der Waals surface area contributed by atoms with Gasteiger partial charge in [0.1, 0.15) is 6.54 Å². The number of methoxy groups -OCH3 is 2. The SMILES string of the molecule is COc1ccc(-c2ccc(=O)n(CC(=O)N3CCN(C(C)=O)CC3)n2)cc1OC. The zero-order chi connectivity index (χ0) is 21.0. The molecule has 3 rings (SSSR count). The van der Waals surface area contributed by atoms with E-state index in [0.717, 1.165) is 10.2 Å². The molecule has 1 aromatic heterocycles. The number of carbonyl (C=O) groups excluding carboxylic acids is 2. The van der Waals surface area contributed by atoms with Gasteiger partial charge in [0, 0.05) is 44.7 Å². The predicted octanol–water partition coefficient (Wildman–Crippen LogP) is 0.618. The van der Waals surface area contributed by atoms with Gasteiger partial charge in [-0.25, -0.2) is 4.68 Å². The van der Waals surface area contributed by atoms with E-state index >= 15 is 0 Å². The van der Waals surface area contributed by atoms with Crippen molar-refractivity contribution in [3.8, 4) is 22.8 Å². The number of piperazine rings is 1. The quantitative estimate of drug-likeness (QED) is 0.730. The van der Waals surface area contributed by atoms with E-state index in [1.807, 2.05) is 0 Å². The lowest BCUT2D eigenvalue weighted by atomic mass is 10.1. The number of hydrogen-bond donors (Lipinski definition) is 0. The minimum atomic E-state index is -0.357. The van der Waals surface area contributed by atoms with Gasteiger partial charge >= 0.3 is 0 Å². The van der Waals surface area contributed by atoms with Crippen molar-refractivity contribution in [1.29, 1.82) is 0 Å². The molecule has 1 aliphatic rings. The van der Waals surface area contributed by atoms with E-state index in [9.17, 15) is 14.4 Å². The minimum absolute atomic E-state index is 0.00222. The number of rotatable bonds is 5. The summed E-state index contributed by atoms with van der Waals surface area (Å²) in [5, 5.41) is 4.35. The summed E-state index contributed by atoms with van der Waals surface area (Å²) in [7, 11) is 3.10. The molecule has 2 heterocycles. The molecule has 2 amide bonds. The summed E-state index contributed by atoms with van der Waals surface area (Å²) in [5.41, 5.74) is 0.920. The Morgan fingerprint density at radius 2 is 1.62 bits per heavy atom. The maximum atomic E-state index is 12.6. The van der Waals surface area contributed by atoms with Crippen molar-refractivity contribution in [2.45, 2.75) is 13.5 Å². The number of benzene rings is 1. The first-order chi connectivity index (χ1) is 13.9. The Morgan fingerprint density at radius 3 is 2.24 bits per heavy atom. The average molecular weight is 400 g/mol. The van der Waals surface area contributed by atoms with Crippen LogP contribution in [0.4, 0.5) is 0 Å². The molecule has 0 aliphatic carbocycles. The van der Waals surface area contributed by atoms with Crippen molar-refractivity contribution >= 4 is 11.8 Å². The van der Waals surface area contributed by atoms with Gasteiger partial charge in [-0.2, -0.15) is 5.10 Å². The number of ether oxygens (including phenoxy) is 2. The first-order valence-electron chi connectivity index (χ1n) is 9.26. The molecule has 9 heteroatoms. The van der Waals surface area contributed by atoms with Gasteiger partial charge in [-0.3, -0.25) is 14.4 Å². The first-order valence-corrected chi connectivity index (χ1v) is 9.26. The highest BCUT2D eigenvalue weighted by Crippen LogP contribution is 2.31. The van der Waals surface area contributed by atoms with Crippen LogP contribution in [0.1, 0.15) is 6.92 Å². The van der Waals surface area contributed by atoms with Gasteiger partial charge in [0.15, 0.2) is 11.5 Å². The van der Waals surface area contributed by atoms with Crippen LogP contribution in [0.5, 0.6) is 11.5 Å². The van der Waals surface area contributed by atoms with Crippen LogP contribution in [0.25, 0.3) is 11.3 Å². The fourth-order valence-electron chi connectivity index (χ4n) is 3.21. The van der Waals surface area contributed by atoms with Gasteiger partial charge in [-0.15, -0.1) is 0 Å². The molecule has 154 valence electrons. The Balaban J connectivity index is 1.77. The number of nitrogens with zero attached hydrogens (tertiary/aromatic N) is 4. The van der Waals surface area contributed by atoms with Crippen LogP contribution in [-0.4, -0.2) is 71.8 Å². The molecular formula is C20H24N4O5. The summed E-state index contributed by atoms with van der Waals surface area (Å²) in [6.07, 6.45) is 0. The Kier molecular flexibility index (Phi) is 6.16. The van der Waals surface area contributed by atoms with Crippen LogP contribution in [0.15, 0.2) is 35.1 Å². The molecule has 1 aliphatic heterocycles. The van der Waals surface area contributed by atoms with E-state index in [0.29, 0.717) is 43.4 Å². The summed E-state index contributed by atoms with van der Waals surface area (Å²) in [6, 6.07) is 8.32. The molecule has 2 aromatic rings. The third kappa shape index (κ3) is 4.56. The molecule has 0 atom stereocenters. The highest BCUT2D eigenvalue weighted by atomic mass is 16.5. The fourth-order valence-corrected chi connectivity index (χ4v) is 3.21. The molecule has 0 unspecified atom stereocenters. The van der Waals surface area contributed by atoms with Gasteiger partial charge in [0.2, 0.25) is 11.8 Å². The van der Waals surface area contributed by atoms with E-state index in [-0.39, 0.29) is 23.9 Å². The van der Waals surface area contributed by atoms with E-state index < -0.39 is 0 Å². The van der Waals surface area contributed by atoms with Crippen LogP contribution in [0.2, 0.25) is 0 Å². The zero-order valence-corrected chi connectivity index (χ0v) is 16.8. The fraction of sp³-hybridized carbons (Fsp3) is 0.400. The molecule has 29 heavy (non-hydrogen) atoms. The van der Waals surface area contributed by atoms with Gasteiger partial charge in [-0.05, 0) is 24.3 Å². The predicted molar refractivity (Wildman–Crippen MR) is 106 cm³/mol. The second-order valence-electron chi connectivity index (χ2n) is 6.67. The molecular weight excluding hydrogens is 376 g/mol. The average Bonchev–Trinajstić information content (AvgIpc) is 2.74. The summed E-state index contributed by atoms with van der Waals surface area (Å²) in [6.45, 7) is 3.25. The maximum absolute atomic E-state index is 12.6. The lowest BCUT2D eigenvalue weighted by Gasteiger charge is -2.34. The summed E-state index contributed by atoms with van der Waals surface area (Å²) >= 11 is 0. The Hall–Kier alpha value is -3.36. The van der Waals surface area contributed by atoms with Crippen LogP contribution < -0.4 is 15.0 Å². The Bertz CT molecular complexity index is 964. The van der Waals surface area contributed by atoms with Crippen molar-refractivity contribution in [3.63, 3.8) is 0 Å². The molecule has 0 spiro atoms. The highest BCUT2D eigenvalue weighted by molar-refractivity contribution is 5.77. The minimum Gasteiger partial charge on any atom is -0.493 e. The van der Waals surface area contributed by atoms with Crippen molar-refractivity contribution in [2.24, 2.45) is 0 Å². The van der Waals surface area contributed by atoms with Crippen LogP contribution in [0, 0.1) is 0 Å². The zero-order valence-electron chi connectivity index (χ0n) is 16.8. The third-order valence-corrected chi connectivity index (χ3v) is 4.91. The van der Waals surface area contributed by atoms with E-state index in [1.54, 1.807) is 48.3 Å². The van der Waals surface area contributed by atoms with Crippen molar-refractivity contribution in [2.75, 3.05) is 40.4 Å². The normalized spacial score (nSPS) is 13.9. The molecule has 9 nitrogen and oxygen atoms in total. The summed E-state index contributed by atoms with van der Waals surface area (Å²) < 4.78 is 11.7. The third-order valence-electron chi connectivity index (χ3n) is 4.91. The molecule has 0 N–H and O–H groups in total. The van der Waals surface area contributed by atoms with Crippen molar-refractivity contribution in [3.05, 3.63) is 40.7 Å². The number of amides is 2. The van der Waals surface area contributed by atoms with Crippen LogP contribution in [-0.2, 0) is 16.1 Å². The number of hydrogen-bond acceptors (Lipinski definition) is 6. The van der Waals surface area contributed by atoms with Crippen molar-refractivity contribution < 1.29 is 19.1 Å². The number of carbonyl (C=O) groups is 2. The van der Waals surface area contributed by atoms with Gasteiger partial charge in [0.05, 0.1) is 19.9 Å². The lowest BCUT2D eigenvalue weighted by Crippen LogP contribution is -2.51. The van der Waals surface area contributed by atoms with E-state index in [2.05, 4.69) is 5.10 Å². The van der Waals surface area contributed by atoms with Crippen LogP contribution >= 0.6 is 0 Å². The van der Waals surface area contributed by atoms with Crippen LogP contribution in [0.3, 0.4) is 0 Å². The van der Waals surface area contributed by atoms with Crippen molar-refractivity contribution in [1.82, 2.24) is 19.6 Å². The lowest BCUT2D eigenvalue weighted by molar-refractivity contribution is -0.139. The monoisotopic (exact) mass is 400 g/mol. The van der Waals surface area contributed by atoms with Gasteiger partial charge < -0.3 is 19.3 Å². The number of aromatic nitrogens is 2. The molecule has 0 saturated carbocycles. The Morgan fingerprint density at radius 1 is 0.966 bits per heavy atom. The Labute approximate surface area is 168 Å². The maximum Gasteiger partial charge on any atom is 0.267 e. The summed E-state index contributed by atoms with van der Waals surface area (Å²) in [4.78, 5) is 39.6. The largest absolute Gasteiger partial charge is 0.493 e. The first kappa shape index (κ1) is 20.4. The van der Waals surface area contributed by atoms with E-state index in [1.165, 1.54) is 13.0 Å². The molecule has 0 bridgehead atoms. The molecule has 1 saturated heterocycles. The summed E-state index contributed by atoms with van der Waals surface area (Å²) in [5.74, 6) is 0.929. The van der Waals surface area contributed by atoms with Gasteiger partial charge in [-0.1, -0.05) is 0 Å². The molecule has 1 aromatic carbocycles. The highest BCUT2D eigenvalue weighted by Gasteiger charge is 2.23. The molecule has 1 fully saturated rings. The smallest absolute Gasteiger partial charge is 0.267 e. The second kappa shape index (κ2) is 8.76. The second-order valence-corrected chi connectivity index (χ2v) is 6.67. The van der Waals surface area contributed by atoms with E-state index in [4.69, 9.17) is 9.47 Å². The van der Waals surface area contributed by atoms with Gasteiger partial charge in [0.25, 0.3) is 5.56 Å². The standard InChI is InChI=1S/C20H24N4O5/c1-14(25)22-8-10-23(11-9-22)20(27)13-24-19(26)7-5-16(21-24)15-4-6-17(28-2)18(12-15)29-3/h4-7,12H,8-11,13H2,1-3H3.